The zero-order valence-electron chi connectivity index (χ0n) is 8.52. The highest BCUT2D eigenvalue weighted by Crippen LogP contribution is 2.07. The summed E-state index contributed by atoms with van der Waals surface area (Å²) in [7, 11) is 0. The average molecular weight is 202 g/mol. The standard InChI is InChI=1S/C12H14N2O/c13-8-11-9-15-12(14-11)7-6-10-4-2-1-3-5-10/h1-5,9H,6-8,13H2. The van der Waals surface area contributed by atoms with Crippen molar-refractivity contribution in [1.29, 1.82) is 0 Å². The van der Waals surface area contributed by atoms with Crippen molar-refractivity contribution in [2.45, 2.75) is 19.4 Å². The Balaban J connectivity index is 1.93. The molecule has 3 nitrogen and oxygen atoms in total. The molecule has 0 aliphatic carbocycles. The second-order valence-corrected chi connectivity index (χ2v) is 3.42. The van der Waals surface area contributed by atoms with E-state index in [9.17, 15) is 0 Å². The number of hydrogen-bond acceptors (Lipinski definition) is 3. The van der Waals surface area contributed by atoms with Crippen LogP contribution in [0.15, 0.2) is 41.0 Å². The van der Waals surface area contributed by atoms with E-state index in [0.29, 0.717) is 6.54 Å². The predicted octanol–water partition coefficient (Wildman–Crippen LogP) is 1.92. The third-order valence-electron chi connectivity index (χ3n) is 2.28. The highest BCUT2D eigenvalue weighted by atomic mass is 16.3. The lowest BCUT2D eigenvalue weighted by molar-refractivity contribution is 0.493. The van der Waals surface area contributed by atoms with Crippen molar-refractivity contribution in [3.05, 3.63) is 53.7 Å². The zero-order valence-corrected chi connectivity index (χ0v) is 8.52. The van der Waals surface area contributed by atoms with Gasteiger partial charge < -0.3 is 10.2 Å². The van der Waals surface area contributed by atoms with Crippen LogP contribution in [-0.4, -0.2) is 4.98 Å². The Kier molecular flexibility index (Phi) is 3.15. The van der Waals surface area contributed by atoms with E-state index in [1.165, 1.54) is 5.56 Å². The summed E-state index contributed by atoms with van der Waals surface area (Å²) >= 11 is 0. The van der Waals surface area contributed by atoms with E-state index < -0.39 is 0 Å². The van der Waals surface area contributed by atoms with Crippen LogP contribution >= 0.6 is 0 Å². The molecule has 0 saturated heterocycles. The van der Waals surface area contributed by atoms with Gasteiger partial charge in [-0.05, 0) is 12.0 Å². The summed E-state index contributed by atoms with van der Waals surface area (Å²) < 4.78 is 5.29. The molecule has 2 N–H and O–H groups in total. The first kappa shape index (κ1) is 9.93. The van der Waals surface area contributed by atoms with Crippen molar-refractivity contribution in [3.63, 3.8) is 0 Å². The molecule has 0 radical (unpaired) electrons. The third-order valence-corrected chi connectivity index (χ3v) is 2.28. The molecule has 0 saturated carbocycles. The molecule has 2 aromatic rings. The second-order valence-electron chi connectivity index (χ2n) is 3.42. The smallest absolute Gasteiger partial charge is 0.194 e. The highest BCUT2D eigenvalue weighted by Gasteiger charge is 2.02. The lowest BCUT2D eigenvalue weighted by Crippen LogP contribution is -1.97. The van der Waals surface area contributed by atoms with Crippen LogP contribution < -0.4 is 5.73 Å². The third kappa shape index (κ3) is 2.67. The molecular formula is C12H14N2O. The summed E-state index contributed by atoms with van der Waals surface area (Å²) in [6.45, 7) is 0.439. The normalized spacial score (nSPS) is 10.5. The Morgan fingerprint density at radius 2 is 1.93 bits per heavy atom. The maximum absolute atomic E-state index is 5.45. The largest absolute Gasteiger partial charge is 0.449 e. The maximum Gasteiger partial charge on any atom is 0.194 e. The van der Waals surface area contributed by atoms with E-state index in [1.54, 1.807) is 6.26 Å². The van der Waals surface area contributed by atoms with Crippen molar-refractivity contribution in [1.82, 2.24) is 4.98 Å². The minimum Gasteiger partial charge on any atom is -0.449 e. The van der Waals surface area contributed by atoms with Gasteiger partial charge in [0, 0.05) is 13.0 Å². The Bertz CT molecular complexity index is 409. The molecule has 1 heterocycles. The molecule has 0 aliphatic rings. The summed E-state index contributed by atoms with van der Waals surface area (Å²) in [4.78, 5) is 4.25. The molecule has 2 rings (SSSR count). The van der Waals surface area contributed by atoms with Crippen LogP contribution in [0.25, 0.3) is 0 Å². The molecule has 78 valence electrons. The van der Waals surface area contributed by atoms with Crippen LogP contribution in [-0.2, 0) is 19.4 Å². The monoisotopic (exact) mass is 202 g/mol. The van der Waals surface area contributed by atoms with Gasteiger partial charge in [-0.2, -0.15) is 0 Å². The van der Waals surface area contributed by atoms with Gasteiger partial charge in [-0.3, -0.25) is 0 Å². The Hall–Kier alpha value is -1.61. The minimum absolute atomic E-state index is 0.439. The predicted molar refractivity (Wildman–Crippen MR) is 58.2 cm³/mol. The second kappa shape index (κ2) is 4.75. The molecule has 0 fully saturated rings. The lowest BCUT2D eigenvalue weighted by atomic mass is 10.1. The Morgan fingerprint density at radius 1 is 1.13 bits per heavy atom. The van der Waals surface area contributed by atoms with Gasteiger partial charge in [0.05, 0.1) is 5.69 Å². The molecule has 0 amide bonds. The molecule has 1 aromatic heterocycles. The van der Waals surface area contributed by atoms with Crippen LogP contribution in [0.3, 0.4) is 0 Å². The summed E-state index contributed by atoms with van der Waals surface area (Å²) in [6, 6.07) is 10.3. The lowest BCUT2D eigenvalue weighted by Gasteiger charge is -1.96. The van der Waals surface area contributed by atoms with Crippen molar-refractivity contribution in [2.75, 3.05) is 0 Å². The Labute approximate surface area is 88.9 Å². The van der Waals surface area contributed by atoms with Crippen LogP contribution in [0.4, 0.5) is 0 Å². The van der Waals surface area contributed by atoms with E-state index in [-0.39, 0.29) is 0 Å². The van der Waals surface area contributed by atoms with E-state index in [0.717, 1.165) is 24.4 Å². The van der Waals surface area contributed by atoms with Gasteiger partial charge >= 0.3 is 0 Å². The molecule has 0 bridgehead atoms. The van der Waals surface area contributed by atoms with Gasteiger partial charge in [0.25, 0.3) is 0 Å². The van der Waals surface area contributed by atoms with Crippen LogP contribution in [0.5, 0.6) is 0 Å². The molecular weight excluding hydrogens is 188 g/mol. The zero-order chi connectivity index (χ0) is 10.5. The first-order valence-corrected chi connectivity index (χ1v) is 5.06. The number of nitrogens with zero attached hydrogens (tertiary/aromatic N) is 1. The molecule has 15 heavy (non-hydrogen) atoms. The highest BCUT2D eigenvalue weighted by molar-refractivity contribution is 5.15. The number of rotatable bonds is 4. The SMILES string of the molecule is NCc1coc(CCc2ccccc2)n1. The van der Waals surface area contributed by atoms with E-state index >= 15 is 0 Å². The van der Waals surface area contributed by atoms with Crippen molar-refractivity contribution < 1.29 is 4.42 Å². The van der Waals surface area contributed by atoms with Crippen molar-refractivity contribution in [3.8, 4) is 0 Å². The summed E-state index contributed by atoms with van der Waals surface area (Å²) in [6.07, 6.45) is 3.40. The van der Waals surface area contributed by atoms with Crippen molar-refractivity contribution in [2.24, 2.45) is 5.73 Å². The fourth-order valence-corrected chi connectivity index (χ4v) is 1.45. The van der Waals surface area contributed by atoms with Gasteiger partial charge in [-0.15, -0.1) is 0 Å². The number of hydrogen-bond donors (Lipinski definition) is 1. The van der Waals surface area contributed by atoms with Gasteiger partial charge in [-0.25, -0.2) is 4.98 Å². The quantitative estimate of drug-likeness (QED) is 0.824. The first-order chi connectivity index (χ1) is 7.38. The van der Waals surface area contributed by atoms with E-state index in [2.05, 4.69) is 17.1 Å². The average Bonchev–Trinajstić information content (AvgIpc) is 2.76. The molecule has 0 atom stereocenters. The summed E-state index contributed by atoms with van der Waals surface area (Å²) in [5.41, 5.74) is 7.56. The minimum atomic E-state index is 0.439. The van der Waals surface area contributed by atoms with Gasteiger partial charge in [0.15, 0.2) is 5.89 Å². The molecule has 0 aliphatic heterocycles. The van der Waals surface area contributed by atoms with Gasteiger partial charge in [0.1, 0.15) is 6.26 Å². The van der Waals surface area contributed by atoms with Crippen LogP contribution in [0.2, 0.25) is 0 Å². The van der Waals surface area contributed by atoms with Gasteiger partial charge in [-0.1, -0.05) is 30.3 Å². The summed E-state index contributed by atoms with van der Waals surface area (Å²) in [5.74, 6) is 0.763. The van der Waals surface area contributed by atoms with Crippen LogP contribution in [0, 0.1) is 0 Å². The Morgan fingerprint density at radius 3 is 2.60 bits per heavy atom. The summed E-state index contributed by atoms with van der Waals surface area (Å²) in [5, 5.41) is 0. The topological polar surface area (TPSA) is 52.0 Å². The van der Waals surface area contributed by atoms with E-state index in [1.807, 2.05) is 18.2 Å². The fraction of sp³-hybridized carbons (Fsp3) is 0.250. The van der Waals surface area contributed by atoms with Crippen LogP contribution in [0.1, 0.15) is 17.1 Å². The number of benzene rings is 1. The number of oxazole rings is 1. The molecule has 3 heteroatoms. The number of aromatic nitrogens is 1. The van der Waals surface area contributed by atoms with Crippen molar-refractivity contribution >= 4 is 0 Å². The first-order valence-electron chi connectivity index (χ1n) is 5.06. The molecule has 0 spiro atoms. The number of nitrogens with two attached hydrogens (primary N) is 1. The fourth-order valence-electron chi connectivity index (χ4n) is 1.45. The molecule has 0 unspecified atom stereocenters. The maximum atomic E-state index is 5.45. The molecule has 1 aromatic carbocycles. The number of aryl methyl sites for hydroxylation is 2. The van der Waals surface area contributed by atoms with E-state index in [4.69, 9.17) is 10.2 Å². The van der Waals surface area contributed by atoms with Gasteiger partial charge in [0.2, 0.25) is 0 Å².